The molecule has 130 valence electrons. The van der Waals surface area contributed by atoms with Crippen molar-refractivity contribution in [1.82, 2.24) is 14.3 Å². The van der Waals surface area contributed by atoms with E-state index in [2.05, 4.69) is 4.98 Å². The standard InChI is InChI=1S/C20H23N3O2/c1-15-6-4-7-16(2)19(15)25-13-5-11-22(3)20(24)17-8-9-18-21-10-12-23(18)14-17/h4,6-10,12,14H,5,11,13H2,1-3H3. The third kappa shape index (κ3) is 3.82. The van der Waals surface area contributed by atoms with E-state index in [-0.39, 0.29) is 5.91 Å². The lowest BCUT2D eigenvalue weighted by Crippen LogP contribution is -2.28. The van der Waals surface area contributed by atoms with Crippen LogP contribution in [0.1, 0.15) is 27.9 Å². The summed E-state index contributed by atoms with van der Waals surface area (Å²) in [5, 5.41) is 0. The Labute approximate surface area is 147 Å². The number of aryl methyl sites for hydroxylation is 2. The average Bonchev–Trinajstić information content (AvgIpc) is 3.07. The van der Waals surface area contributed by atoms with Gasteiger partial charge in [0, 0.05) is 32.2 Å². The number of fused-ring (bicyclic) bond motifs is 1. The van der Waals surface area contributed by atoms with E-state index in [1.807, 2.05) is 68.0 Å². The van der Waals surface area contributed by atoms with E-state index in [0.717, 1.165) is 28.9 Å². The van der Waals surface area contributed by atoms with Crippen LogP contribution in [0.3, 0.4) is 0 Å². The summed E-state index contributed by atoms with van der Waals surface area (Å²) in [6.45, 7) is 5.32. The molecule has 0 bridgehead atoms. The molecule has 0 N–H and O–H groups in total. The molecule has 0 radical (unpaired) electrons. The Morgan fingerprint density at radius 2 is 1.96 bits per heavy atom. The molecule has 2 heterocycles. The predicted molar refractivity (Wildman–Crippen MR) is 98.2 cm³/mol. The van der Waals surface area contributed by atoms with Crippen LogP contribution in [-0.4, -0.2) is 40.4 Å². The molecule has 2 aromatic heterocycles. The topological polar surface area (TPSA) is 46.8 Å². The number of nitrogens with zero attached hydrogens (tertiary/aromatic N) is 3. The molecule has 1 aromatic carbocycles. The molecule has 3 rings (SSSR count). The highest BCUT2D eigenvalue weighted by atomic mass is 16.5. The molecule has 0 aliphatic heterocycles. The van der Waals surface area contributed by atoms with Crippen molar-refractivity contribution in [2.45, 2.75) is 20.3 Å². The maximum absolute atomic E-state index is 12.5. The summed E-state index contributed by atoms with van der Waals surface area (Å²) in [6.07, 6.45) is 6.15. The van der Waals surface area contributed by atoms with Crippen LogP contribution >= 0.6 is 0 Å². The lowest BCUT2D eigenvalue weighted by molar-refractivity contribution is 0.0787. The van der Waals surface area contributed by atoms with Crippen LogP contribution in [0.5, 0.6) is 5.75 Å². The van der Waals surface area contributed by atoms with Crippen molar-refractivity contribution >= 4 is 11.6 Å². The lowest BCUT2D eigenvalue weighted by Gasteiger charge is -2.18. The first-order valence-electron chi connectivity index (χ1n) is 8.43. The Morgan fingerprint density at radius 3 is 2.72 bits per heavy atom. The van der Waals surface area contributed by atoms with Gasteiger partial charge in [-0.3, -0.25) is 4.79 Å². The molecule has 0 aliphatic rings. The lowest BCUT2D eigenvalue weighted by atomic mass is 10.1. The SMILES string of the molecule is Cc1cccc(C)c1OCCCN(C)C(=O)c1ccc2nccn2c1. The van der Waals surface area contributed by atoms with E-state index < -0.39 is 0 Å². The van der Waals surface area contributed by atoms with Crippen LogP contribution in [-0.2, 0) is 0 Å². The van der Waals surface area contributed by atoms with E-state index in [9.17, 15) is 4.79 Å². The molecule has 5 heteroatoms. The minimum atomic E-state index is 0.00247. The Kier molecular flexibility index (Phi) is 5.03. The van der Waals surface area contributed by atoms with Crippen molar-refractivity contribution in [2.24, 2.45) is 0 Å². The van der Waals surface area contributed by atoms with Crippen LogP contribution in [0.2, 0.25) is 0 Å². The summed E-state index contributed by atoms with van der Waals surface area (Å²) in [5.41, 5.74) is 3.76. The quantitative estimate of drug-likeness (QED) is 0.647. The third-order valence-electron chi connectivity index (χ3n) is 4.28. The zero-order valence-corrected chi connectivity index (χ0v) is 14.9. The van der Waals surface area contributed by atoms with Gasteiger partial charge in [0.15, 0.2) is 0 Å². The highest BCUT2D eigenvalue weighted by Gasteiger charge is 2.12. The van der Waals surface area contributed by atoms with E-state index in [0.29, 0.717) is 18.7 Å². The Bertz CT molecular complexity index is 865. The summed E-state index contributed by atoms with van der Waals surface area (Å²) in [7, 11) is 1.82. The molecule has 0 aliphatic carbocycles. The molecule has 3 aromatic rings. The van der Waals surface area contributed by atoms with Crippen molar-refractivity contribution in [3.63, 3.8) is 0 Å². The molecular formula is C20H23N3O2. The molecule has 0 saturated carbocycles. The summed E-state index contributed by atoms with van der Waals surface area (Å²) in [6, 6.07) is 9.79. The number of pyridine rings is 1. The number of para-hydroxylation sites is 1. The van der Waals surface area contributed by atoms with Crippen molar-refractivity contribution < 1.29 is 9.53 Å². The highest BCUT2D eigenvalue weighted by Crippen LogP contribution is 2.22. The summed E-state index contributed by atoms with van der Waals surface area (Å²) in [5.74, 6) is 0.949. The fourth-order valence-electron chi connectivity index (χ4n) is 2.87. The number of carbonyl (C=O) groups excluding carboxylic acids is 1. The largest absolute Gasteiger partial charge is 0.493 e. The fourth-order valence-corrected chi connectivity index (χ4v) is 2.87. The monoisotopic (exact) mass is 337 g/mol. The minimum absolute atomic E-state index is 0.00247. The van der Waals surface area contributed by atoms with Gasteiger partial charge in [0.05, 0.1) is 12.2 Å². The second-order valence-electron chi connectivity index (χ2n) is 6.26. The number of benzene rings is 1. The van der Waals surface area contributed by atoms with Crippen molar-refractivity contribution in [2.75, 3.05) is 20.2 Å². The first kappa shape index (κ1) is 17.0. The first-order valence-corrected chi connectivity index (χ1v) is 8.43. The van der Waals surface area contributed by atoms with Crippen LogP contribution in [0.15, 0.2) is 48.9 Å². The van der Waals surface area contributed by atoms with Crippen LogP contribution < -0.4 is 4.74 Å². The molecular weight excluding hydrogens is 314 g/mol. The predicted octanol–water partition coefficient (Wildman–Crippen LogP) is 3.49. The van der Waals surface area contributed by atoms with Gasteiger partial charge in [0.2, 0.25) is 0 Å². The number of imidazole rings is 1. The van der Waals surface area contributed by atoms with Gasteiger partial charge >= 0.3 is 0 Å². The number of rotatable bonds is 6. The molecule has 5 nitrogen and oxygen atoms in total. The third-order valence-corrected chi connectivity index (χ3v) is 4.28. The van der Waals surface area contributed by atoms with Gasteiger partial charge in [0.25, 0.3) is 5.91 Å². The summed E-state index contributed by atoms with van der Waals surface area (Å²) < 4.78 is 7.75. The average molecular weight is 337 g/mol. The summed E-state index contributed by atoms with van der Waals surface area (Å²) in [4.78, 5) is 18.5. The van der Waals surface area contributed by atoms with Gasteiger partial charge in [-0.05, 0) is 43.5 Å². The number of ether oxygens (including phenoxy) is 1. The van der Waals surface area contributed by atoms with Crippen molar-refractivity contribution in [3.05, 3.63) is 65.6 Å². The highest BCUT2D eigenvalue weighted by molar-refractivity contribution is 5.94. The smallest absolute Gasteiger partial charge is 0.255 e. The number of hydrogen-bond donors (Lipinski definition) is 0. The van der Waals surface area contributed by atoms with Crippen LogP contribution in [0, 0.1) is 13.8 Å². The van der Waals surface area contributed by atoms with Gasteiger partial charge in [-0.2, -0.15) is 0 Å². The maximum Gasteiger partial charge on any atom is 0.255 e. The van der Waals surface area contributed by atoms with Crippen molar-refractivity contribution in [3.8, 4) is 5.75 Å². The van der Waals surface area contributed by atoms with E-state index in [1.165, 1.54) is 0 Å². The Morgan fingerprint density at radius 1 is 1.20 bits per heavy atom. The molecule has 0 spiro atoms. The van der Waals surface area contributed by atoms with Crippen molar-refractivity contribution in [1.29, 1.82) is 0 Å². The Hall–Kier alpha value is -2.82. The second-order valence-corrected chi connectivity index (χ2v) is 6.26. The maximum atomic E-state index is 12.5. The van der Waals surface area contributed by atoms with Crippen LogP contribution in [0.25, 0.3) is 5.65 Å². The van der Waals surface area contributed by atoms with E-state index >= 15 is 0 Å². The second kappa shape index (κ2) is 7.38. The number of hydrogen-bond acceptors (Lipinski definition) is 3. The molecule has 0 saturated heterocycles. The van der Waals surface area contributed by atoms with Crippen LogP contribution in [0.4, 0.5) is 0 Å². The number of carbonyl (C=O) groups is 1. The zero-order valence-electron chi connectivity index (χ0n) is 14.9. The van der Waals surface area contributed by atoms with Gasteiger partial charge in [0.1, 0.15) is 11.4 Å². The first-order chi connectivity index (χ1) is 12.1. The summed E-state index contributed by atoms with van der Waals surface area (Å²) >= 11 is 0. The Balaban J connectivity index is 1.53. The fraction of sp³-hybridized carbons (Fsp3) is 0.300. The normalized spacial score (nSPS) is 10.8. The number of amides is 1. The van der Waals surface area contributed by atoms with Gasteiger partial charge in [-0.15, -0.1) is 0 Å². The van der Waals surface area contributed by atoms with Gasteiger partial charge < -0.3 is 14.0 Å². The molecule has 1 amide bonds. The van der Waals surface area contributed by atoms with Gasteiger partial charge in [-0.1, -0.05) is 18.2 Å². The molecule has 0 atom stereocenters. The zero-order chi connectivity index (χ0) is 17.8. The molecule has 0 unspecified atom stereocenters. The van der Waals surface area contributed by atoms with Gasteiger partial charge in [-0.25, -0.2) is 4.98 Å². The number of aromatic nitrogens is 2. The van der Waals surface area contributed by atoms with E-state index in [1.54, 1.807) is 11.1 Å². The van der Waals surface area contributed by atoms with E-state index in [4.69, 9.17) is 4.74 Å². The minimum Gasteiger partial charge on any atom is -0.493 e. The molecule has 25 heavy (non-hydrogen) atoms. The molecule has 0 fully saturated rings.